The molecule has 1 atom stereocenters. The van der Waals surface area contributed by atoms with E-state index in [4.69, 9.17) is 4.74 Å². The fourth-order valence-electron chi connectivity index (χ4n) is 3.71. The molecule has 0 spiro atoms. The summed E-state index contributed by atoms with van der Waals surface area (Å²) in [6.45, 7) is 5.74. The summed E-state index contributed by atoms with van der Waals surface area (Å²) in [6, 6.07) is 1.86. The summed E-state index contributed by atoms with van der Waals surface area (Å²) >= 11 is 1.60. The lowest BCUT2D eigenvalue weighted by molar-refractivity contribution is 0.0740. The topological polar surface area (TPSA) is 67.7 Å². The van der Waals surface area contributed by atoms with Gasteiger partial charge in [0.1, 0.15) is 5.56 Å². The number of aryl methyl sites for hydroxylation is 1. The van der Waals surface area contributed by atoms with Gasteiger partial charge in [-0.05, 0) is 31.4 Å². The van der Waals surface area contributed by atoms with E-state index in [9.17, 15) is 9.59 Å². The minimum absolute atomic E-state index is 0.0650. The Bertz CT molecular complexity index is 850. The fourth-order valence-corrected chi connectivity index (χ4v) is 4.40. The van der Waals surface area contributed by atoms with Gasteiger partial charge in [0.15, 0.2) is 5.13 Å². The number of hydrogen-bond acceptors (Lipinski definition) is 6. The monoisotopic (exact) mass is 388 g/mol. The third kappa shape index (κ3) is 3.77. The van der Waals surface area contributed by atoms with Crippen molar-refractivity contribution in [3.8, 4) is 0 Å². The third-order valence-corrected chi connectivity index (χ3v) is 6.10. The number of aromatic nitrogens is 2. The molecule has 2 saturated heterocycles. The first kappa shape index (κ1) is 18.2. The van der Waals surface area contributed by atoms with E-state index in [2.05, 4.69) is 9.88 Å². The molecule has 1 amide bonds. The summed E-state index contributed by atoms with van der Waals surface area (Å²) in [5, 5.41) is 2.94. The largest absolute Gasteiger partial charge is 0.376 e. The van der Waals surface area contributed by atoms with Crippen molar-refractivity contribution >= 4 is 22.4 Å². The van der Waals surface area contributed by atoms with E-state index >= 15 is 0 Å². The van der Waals surface area contributed by atoms with Crippen LogP contribution in [0.3, 0.4) is 0 Å². The molecular formula is C19H24N4O3S. The maximum absolute atomic E-state index is 13.1. The van der Waals surface area contributed by atoms with Crippen LogP contribution in [0.5, 0.6) is 0 Å². The molecule has 2 aromatic rings. The molecule has 1 unspecified atom stereocenters. The molecule has 0 aliphatic carbocycles. The Morgan fingerprint density at radius 2 is 2.15 bits per heavy atom. The molecule has 0 N–H and O–H groups in total. The number of nitrogens with zero attached hydrogens (tertiary/aromatic N) is 4. The van der Waals surface area contributed by atoms with E-state index in [0.717, 1.165) is 43.2 Å². The number of rotatable bonds is 4. The summed E-state index contributed by atoms with van der Waals surface area (Å²) in [4.78, 5) is 34.3. The highest BCUT2D eigenvalue weighted by Crippen LogP contribution is 2.20. The number of pyridine rings is 1. The van der Waals surface area contributed by atoms with Crippen LogP contribution in [0.4, 0.5) is 5.13 Å². The van der Waals surface area contributed by atoms with Gasteiger partial charge in [0, 0.05) is 50.6 Å². The van der Waals surface area contributed by atoms with Crippen LogP contribution in [-0.4, -0.2) is 59.2 Å². The van der Waals surface area contributed by atoms with Crippen LogP contribution in [0.25, 0.3) is 0 Å². The summed E-state index contributed by atoms with van der Waals surface area (Å²) < 4.78 is 7.27. The van der Waals surface area contributed by atoms with Crippen molar-refractivity contribution in [3.63, 3.8) is 0 Å². The normalized spacial score (nSPS) is 20.3. The number of thiazole rings is 1. The molecule has 144 valence electrons. The first-order valence-electron chi connectivity index (χ1n) is 9.39. The Morgan fingerprint density at radius 1 is 1.33 bits per heavy atom. The Labute approximate surface area is 162 Å². The standard InChI is InChI=1S/C19H24N4O3S/c1-14-4-6-23(13-15-3-2-11-26-15)18(25)16(14)17(24)21-7-9-22(10-8-21)19-20-5-12-27-19/h4-6,12,15H,2-3,7-11,13H2,1H3. The average Bonchev–Trinajstić information content (AvgIpc) is 3.38. The zero-order chi connectivity index (χ0) is 18.8. The van der Waals surface area contributed by atoms with Gasteiger partial charge >= 0.3 is 0 Å². The smallest absolute Gasteiger partial charge is 0.263 e. The molecule has 0 bridgehead atoms. The average molecular weight is 388 g/mol. The number of hydrogen-bond donors (Lipinski definition) is 0. The quantitative estimate of drug-likeness (QED) is 0.798. The number of carbonyl (C=O) groups excluding carboxylic acids is 1. The van der Waals surface area contributed by atoms with Crippen LogP contribution >= 0.6 is 11.3 Å². The van der Waals surface area contributed by atoms with Gasteiger partial charge in [-0.2, -0.15) is 0 Å². The van der Waals surface area contributed by atoms with Gasteiger partial charge in [0.05, 0.1) is 12.6 Å². The second kappa shape index (κ2) is 7.82. The number of amides is 1. The molecule has 27 heavy (non-hydrogen) atoms. The van der Waals surface area contributed by atoms with Gasteiger partial charge in [-0.15, -0.1) is 11.3 Å². The molecular weight excluding hydrogens is 364 g/mol. The van der Waals surface area contributed by atoms with Gasteiger partial charge in [-0.1, -0.05) is 0 Å². The van der Waals surface area contributed by atoms with Crippen molar-refractivity contribution in [2.75, 3.05) is 37.7 Å². The van der Waals surface area contributed by atoms with Crippen LogP contribution in [0.1, 0.15) is 28.8 Å². The second-order valence-corrected chi connectivity index (χ2v) is 7.93. The first-order chi connectivity index (χ1) is 13.1. The van der Waals surface area contributed by atoms with Crippen molar-refractivity contribution in [1.82, 2.24) is 14.5 Å². The van der Waals surface area contributed by atoms with Crippen LogP contribution in [0.15, 0.2) is 28.6 Å². The van der Waals surface area contributed by atoms with Gasteiger partial charge in [-0.3, -0.25) is 9.59 Å². The van der Waals surface area contributed by atoms with Crippen LogP contribution in [0.2, 0.25) is 0 Å². The Kier molecular flexibility index (Phi) is 5.27. The van der Waals surface area contributed by atoms with Gasteiger partial charge < -0.3 is 19.1 Å². The lowest BCUT2D eigenvalue weighted by Crippen LogP contribution is -2.50. The molecule has 0 saturated carbocycles. The zero-order valence-electron chi connectivity index (χ0n) is 15.5. The predicted molar refractivity (Wildman–Crippen MR) is 105 cm³/mol. The fraction of sp³-hybridized carbons (Fsp3) is 0.526. The summed E-state index contributed by atoms with van der Waals surface area (Å²) in [7, 11) is 0. The Hall–Kier alpha value is -2.19. The Balaban J connectivity index is 1.49. The van der Waals surface area contributed by atoms with Gasteiger partial charge in [-0.25, -0.2) is 4.98 Å². The maximum atomic E-state index is 13.1. The SMILES string of the molecule is Cc1ccn(CC2CCCO2)c(=O)c1C(=O)N1CCN(c2nccs2)CC1. The lowest BCUT2D eigenvalue weighted by atomic mass is 10.1. The van der Waals surface area contributed by atoms with Gasteiger partial charge in [0.2, 0.25) is 0 Å². The van der Waals surface area contributed by atoms with E-state index < -0.39 is 0 Å². The van der Waals surface area contributed by atoms with Crippen molar-refractivity contribution in [3.05, 3.63) is 45.3 Å². The van der Waals surface area contributed by atoms with E-state index in [0.29, 0.717) is 19.6 Å². The zero-order valence-corrected chi connectivity index (χ0v) is 16.3. The second-order valence-electron chi connectivity index (χ2n) is 7.06. The van der Waals surface area contributed by atoms with Crippen LogP contribution in [-0.2, 0) is 11.3 Å². The molecule has 7 nitrogen and oxygen atoms in total. The summed E-state index contributed by atoms with van der Waals surface area (Å²) in [6.07, 6.45) is 5.62. The van der Waals surface area contributed by atoms with E-state index in [1.165, 1.54) is 0 Å². The van der Waals surface area contributed by atoms with E-state index in [1.807, 2.05) is 18.4 Å². The first-order valence-corrected chi connectivity index (χ1v) is 10.3. The number of anilines is 1. The Morgan fingerprint density at radius 3 is 2.81 bits per heavy atom. The molecule has 0 aromatic carbocycles. The van der Waals surface area contributed by atoms with Crippen molar-refractivity contribution in [2.45, 2.75) is 32.4 Å². The lowest BCUT2D eigenvalue weighted by Gasteiger charge is -2.34. The van der Waals surface area contributed by atoms with Crippen molar-refractivity contribution in [1.29, 1.82) is 0 Å². The van der Waals surface area contributed by atoms with E-state index in [1.54, 1.807) is 33.2 Å². The highest BCUT2D eigenvalue weighted by Gasteiger charge is 2.27. The van der Waals surface area contributed by atoms with Crippen molar-refractivity contribution < 1.29 is 9.53 Å². The summed E-state index contributed by atoms with van der Waals surface area (Å²) in [5.41, 5.74) is 0.812. The third-order valence-electron chi connectivity index (χ3n) is 5.27. The minimum atomic E-state index is -0.210. The number of ether oxygens (including phenoxy) is 1. The van der Waals surface area contributed by atoms with Gasteiger partial charge in [0.25, 0.3) is 11.5 Å². The molecule has 2 aliphatic heterocycles. The van der Waals surface area contributed by atoms with Crippen molar-refractivity contribution in [2.24, 2.45) is 0 Å². The summed E-state index contributed by atoms with van der Waals surface area (Å²) in [5.74, 6) is -0.169. The van der Waals surface area contributed by atoms with E-state index in [-0.39, 0.29) is 23.1 Å². The van der Waals surface area contributed by atoms with Crippen LogP contribution < -0.4 is 10.5 Å². The van der Waals surface area contributed by atoms with Crippen LogP contribution in [0, 0.1) is 6.92 Å². The number of piperazine rings is 1. The highest BCUT2D eigenvalue weighted by molar-refractivity contribution is 7.13. The molecule has 2 aliphatic rings. The molecule has 8 heteroatoms. The number of carbonyl (C=O) groups is 1. The molecule has 2 fully saturated rings. The molecule has 2 aromatic heterocycles. The molecule has 4 heterocycles. The highest BCUT2D eigenvalue weighted by atomic mass is 32.1. The maximum Gasteiger partial charge on any atom is 0.263 e. The molecule has 0 radical (unpaired) electrons. The predicted octanol–water partition coefficient (Wildman–Crippen LogP) is 1.75. The molecule has 4 rings (SSSR count). The minimum Gasteiger partial charge on any atom is -0.376 e.